The van der Waals surface area contributed by atoms with Gasteiger partial charge in [-0.05, 0) is 36.4 Å². The Morgan fingerprint density at radius 3 is 2.62 bits per heavy atom. The number of carbonyl (C=O) groups is 1. The highest BCUT2D eigenvalue weighted by Crippen LogP contribution is 2.26. The fourth-order valence-corrected chi connectivity index (χ4v) is 4.85. The summed E-state index contributed by atoms with van der Waals surface area (Å²) in [5, 5.41) is 3.32. The number of rotatable bonds is 7. The van der Waals surface area contributed by atoms with Crippen molar-refractivity contribution in [3.63, 3.8) is 0 Å². The first-order valence-electron chi connectivity index (χ1n) is 8.92. The van der Waals surface area contributed by atoms with E-state index in [1.165, 1.54) is 22.5 Å². The van der Waals surface area contributed by atoms with Crippen LogP contribution in [0.4, 0.5) is 0 Å². The van der Waals surface area contributed by atoms with Crippen LogP contribution >= 0.6 is 23.2 Å². The summed E-state index contributed by atoms with van der Waals surface area (Å²) in [7, 11) is -3.81. The molecule has 3 rings (SSSR count). The summed E-state index contributed by atoms with van der Waals surface area (Å²) in [6.07, 6.45) is 0. The minimum Gasteiger partial charge on any atom is -0.492 e. The molecule has 1 heterocycles. The highest BCUT2D eigenvalue weighted by atomic mass is 35.5. The van der Waals surface area contributed by atoms with E-state index in [0.717, 1.165) is 0 Å². The number of amides is 1. The zero-order valence-corrected chi connectivity index (χ0v) is 17.8. The van der Waals surface area contributed by atoms with Gasteiger partial charge in [0.25, 0.3) is 5.91 Å². The Kier molecular flexibility index (Phi) is 7.37. The van der Waals surface area contributed by atoms with E-state index in [9.17, 15) is 13.2 Å². The summed E-state index contributed by atoms with van der Waals surface area (Å²) < 4.78 is 37.7. The van der Waals surface area contributed by atoms with E-state index >= 15 is 0 Å². The van der Waals surface area contributed by atoms with Crippen LogP contribution in [0.1, 0.15) is 10.4 Å². The van der Waals surface area contributed by atoms with Gasteiger partial charge in [-0.2, -0.15) is 4.31 Å². The van der Waals surface area contributed by atoms with Gasteiger partial charge < -0.3 is 14.8 Å². The van der Waals surface area contributed by atoms with Gasteiger partial charge in [0, 0.05) is 23.7 Å². The highest BCUT2D eigenvalue weighted by Gasteiger charge is 2.29. The number of nitrogens with one attached hydrogen (secondary N) is 1. The molecule has 0 bridgehead atoms. The van der Waals surface area contributed by atoms with Gasteiger partial charge in [-0.15, -0.1) is 0 Å². The van der Waals surface area contributed by atoms with Gasteiger partial charge in [-0.25, -0.2) is 8.42 Å². The van der Waals surface area contributed by atoms with Crippen LogP contribution in [-0.4, -0.2) is 58.1 Å². The topological polar surface area (TPSA) is 84.9 Å². The molecule has 0 aromatic heterocycles. The lowest BCUT2D eigenvalue weighted by molar-refractivity contribution is 0.0730. The van der Waals surface area contributed by atoms with E-state index < -0.39 is 15.9 Å². The second-order valence-electron chi connectivity index (χ2n) is 6.22. The fraction of sp³-hybridized carbons (Fsp3) is 0.316. The monoisotopic (exact) mass is 458 g/mol. The van der Waals surface area contributed by atoms with Gasteiger partial charge in [-0.3, -0.25) is 4.79 Å². The first kappa shape index (κ1) is 21.9. The number of ether oxygens (including phenoxy) is 2. The fourth-order valence-electron chi connectivity index (χ4n) is 2.76. The van der Waals surface area contributed by atoms with Crippen LogP contribution in [0.25, 0.3) is 0 Å². The molecule has 7 nitrogen and oxygen atoms in total. The Morgan fingerprint density at radius 1 is 1.14 bits per heavy atom. The number of nitrogens with zero attached hydrogens (tertiary/aromatic N) is 1. The molecule has 0 atom stereocenters. The Bertz CT molecular complexity index is 978. The van der Waals surface area contributed by atoms with Crippen LogP contribution < -0.4 is 10.1 Å². The zero-order valence-electron chi connectivity index (χ0n) is 15.4. The van der Waals surface area contributed by atoms with E-state index in [-0.39, 0.29) is 41.7 Å². The van der Waals surface area contributed by atoms with E-state index in [0.29, 0.717) is 24.0 Å². The molecule has 2 aromatic rings. The molecule has 156 valence electrons. The number of hydrogen-bond donors (Lipinski definition) is 1. The van der Waals surface area contributed by atoms with Gasteiger partial charge in [0.15, 0.2) is 0 Å². The molecule has 0 radical (unpaired) electrons. The normalized spacial score (nSPS) is 15.1. The minimum absolute atomic E-state index is 0.0670. The standard InChI is InChI=1S/C19H20Cl2N2O5S/c20-15-2-1-3-16(13-15)28-9-6-22-19(24)14-4-5-17(21)18(12-14)29(25,26)23-7-10-27-11-8-23/h1-5,12-13H,6-11H2,(H,22,24). The summed E-state index contributed by atoms with van der Waals surface area (Å²) in [5.74, 6) is 0.173. The van der Waals surface area contributed by atoms with Crippen molar-refractivity contribution in [1.29, 1.82) is 0 Å². The molecule has 29 heavy (non-hydrogen) atoms. The summed E-state index contributed by atoms with van der Waals surface area (Å²) in [5.41, 5.74) is 0.198. The van der Waals surface area contributed by atoms with Crippen molar-refractivity contribution < 1.29 is 22.7 Å². The maximum atomic E-state index is 12.9. The third kappa shape index (κ3) is 5.61. The average molecular weight is 459 g/mol. The maximum Gasteiger partial charge on any atom is 0.251 e. The minimum atomic E-state index is -3.81. The van der Waals surface area contributed by atoms with Gasteiger partial charge in [0.05, 0.1) is 24.8 Å². The number of sulfonamides is 1. The molecular weight excluding hydrogens is 439 g/mol. The average Bonchev–Trinajstić information content (AvgIpc) is 2.72. The number of morpholine rings is 1. The van der Waals surface area contributed by atoms with Gasteiger partial charge in [0.1, 0.15) is 17.3 Å². The first-order valence-corrected chi connectivity index (χ1v) is 11.1. The summed E-state index contributed by atoms with van der Waals surface area (Å²) in [6, 6.07) is 11.1. The van der Waals surface area contributed by atoms with Crippen molar-refractivity contribution in [3.05, 3.63) is 58.1 Å². The quantitative estimate of drug-likeness (QED) is 0.644. The largest absolute Gasteiger partial charge is 0.492 e. The number of halogens is 2. The summed E-state index contributed by atoms with van der Waals surface area (Å²) >= 11 is 12.0. The molecule has 1 aliphatic heterocycles. The van der Waals surface area contributed by atoms with Crippen molar-refractivity contribution in [1.82, 2.24) is 9.62 Å². The SMILES string of the molecule is O=C(NCCOc1cccc(Cl)c1)c1ccc(Cl)c(S(=O)(=O)N2CCOCC2)c1. The van der Waals surface area contributed by atoms with E-state index in [2.05, 4.69) is 5.32 Å². The molecule has 2 aromatic carbocycles. The second-order valence-corrected chi connectivity index (χ2v) is 8.97. The van der Waals surface area contributed by atoms with Crippen molar-refractivity contribution >= 4 is 39.1 Å². The van der Waals surface area contributed by atoms with Crippen LogP contribution in [0.15, 0.2) is 47.4 Å². The van der Waals surface area contributed by atoms with Crippen LogP contribution in [-0.2, 0) is 14.8 Å². The first-order chi connectivity index (χ1) is 13.9. The maximum absolute atomic E-state index is 12.9. The van der Waals surface area contributed by atoms with Crippen molar-refractivity contribution in [2.45, 2.75) is 4.90 Å². The Morgan fingerprint density at radius 2 is 1.90 bits per heavy atom. The van der Waals surface area contributed by atoms with Crippen LogP contribution in [0.5, 0.6) is 5.75 Å². The third-order valence-corrected chi connectivity index (χ3v) is 6.85. The summed E-state index contributed by atoms with van der Waals surface area (Å²) in [4.78, 5) is 12.3. The lowest BCUT2D eigenvalue weighted by Crippen LogP contribution is -2.40. The Balaban J connectivity index is 1.63. The lowest BCUT2D eigenvalue weighted by Gasteiger charge is -2.26. The Labute approximate surface area is 179 Å². The molecule has 0 unspecified atom stereocenters. The van der Waals surface area contributed by atoms with Crippen LogP contribution in [0.2, 0.25) is 10.0 Å². The number of benzene rings is 2. The molecule has 1 saturated heterocycles. The number of hydrogen-bond acceptors (Lipinski definition) is 5. The third-order valence-electron chi connectivity index (χ3n) is 4.23. The van der Waals surface area contributed by atoms with Gasteiger partial charge in [0.2, 0.25) is 10.0 Å². The predicted octanol–water partition coefficient (Wildman–Crippen LogP) is 2.82. The number of carbonyl (C=O) groups excluding carboxylic acids is 1. The second kappa shape index (κ2) is 9.77. The molecule has 0 saturated carbocycles. The Hall–Kier alpha value is -1.84. The van der Waals surface area contributed by atoms with Crippen LogP contribution in [0.3, 0.4) is 0 Å². The van der Waals surface area contributed by atoms with E-state index in [1.807, 2.05) is 0 Å². The van der Waals surface area contributed by atoms with Crippen molar-refractivity contribution in [3.8, 4) is 5.75 Å². The van der Waals surface area contributed by atoms with Crippen molar-refractivity contribution in [2.75, 3.05) is 39.5 Å². The highest BCUT2D eigenvalue weighted by molar-refractivity contribution is 7.89. The molecule has 10 heteroatoms. The molecule has 1 fully saturated rings. The van der Waals surface area contributed by atoms with E-state index in [1.54, 1.807) is 24.3 Å². The molecule has 0 aliphatic carbocycles. The van der Waals surface area contributed by atoms with E-state index in [4.69, 9.17) is 32.7 Å². The summed E-state index contributed by atoms with van der Waals surface area (Å²) in [6.45, 7) is 1.61. The van der Waals surface area contributed by atoms with Crippen molar-refractivity contribution in [2.24, 2.45) is 0 Å². The molecule has 1 aliphatic rings. The smallest absolute Gasteiger partial charge is 0.251 e. The van der Waals surface area contributed by atoms with Gasteiger partial charge in [-0.1, -0.05) is 29.3 Å². The molecule has 0 spiro atoms. The van der Waals surface area contributed by atoms with Crippen LogP contribution in [0, 0.1) is 0 Å². The predicted molar refractivity (Wildman–Crippen MR) is 110 cm³/mol. The molecule has 1 N–H and O–H groups in total. The molecular formula is C19H20Cl2N2O5S. The zero-order chi connectivity index (χ0) is 20.9. The van der Waals surface area contributed by atoms with Gasteiger partial charge >= 0.3 is 0 Å². The molecule has 1 amide bonds. The lowest BCUT2D eigenvalue weighted by atomic mass is 10.2.